The van der Waals surface area contributed by atoms with Crippen LogP contribution in [0.1, 0.15) is 15.9 Å². The Labute approximate surface area is 181 Å². The molecule has 1 heterocycles. The molecular formula is C26H22N2O3. The molecule has 0 aliphatic rings. The van der Waals surface area contributed by atoms with Crippen LogP contribution in [0.25, 0.3) is 0 Å². The maximum atomic E-state index is 13.0. The van der Waals surface area contributed by atoms with Gasteiger partial charge in [-0.25, -0.2) is 0 Å². The van der Waals surface area contributed by atoms with E-state index >= 15 is 0 Å². The molecule has 0 aliphatic carbocycles. The predicted molar refractivity (Wildman–Crippen MR) is 121 cm³/mol. The normalized spacial score (nSPS) is 10.4. The summed E-state index contributed by atoms with van der Waals surface area (Å²) >= 11 is 0. The number of aromatic nitrogens is 1. The number of ether oxygens (including phenoxy) is 2. The Kier molecular flexibility index (Phi) is 6.24. The topological polar surface area (TPSA) is 51.7 Å². The first-order valence-corrected chi connectivity index (χ1v) is 9.92. The monoisotopic (exact) mass is 410 g/mol. The van der Waals surface area contributed by atoms with E-state index in [9.17, 15) is 4.79 Å². The first kappa shape index (κ1) is 20.2. The van der Waals surface area contributed by atoms with Gasteiger partial charge in [-0.1, -0.05) is 30.3 Å². The third-order valence-corrected chi connectivity index (χ3v) is 4.72. The van der Waals surface area contributed by atoms with Gasteiger partial charge in [0.15, 0.2) is 0 Å². The van der Waals surface area contributed by atoms with Crippen molar-refractivity contribution in [3.05, 3.63) is 115 Å². The number of anilines is 1. The predicted octanol–water partition coefficient (Wildman–Crippen LogP) is 5.73. The quantitative estimate of drug-likeness (QED) is 0.390. The second kappa shape index (κ2) is 9.59. The van der Waals surface area contributed by atoms with Crippen molar-refractivity contribution in [1.82, 2.24) is 4.98 Å². The van der Waals surface area contributed by atoms with Crippen LogP contribution < -0.4 is 14.4 Å². The highest BCUT2D eigenvalue weighted by atomic mass is 16.5. The molecule has 0 saturated heterocycles. The van der Waals surface area contributed by atoms with Crippen molar-refractivity contribution in [2.45, 2.75) is 6.61 Å². The summed E-state index contributed by atoms with van der Waals surface area (Å²) in [6.45, 7) is 0.393. The summed E-state index contributed by atoms with van der Waals surface area (Å²) in [5.41, 5.74) is 2.29. The fourth-order valence-corrected chi connectivity index (χ4v) is 3.04. The van der Waals surface area contributed by atoms with Gasteiger partial charge in [0, 0.05) is 36.3 Å². The van der Waals surface area contributed by atoms with Crippen LogP contribution in [0.5, 0.6) is 17.2 Å². The second-order valence-corrected chi connectivity index (χ2v) is 6.95. The van der Waals surface area contributed by atoms with E-state index in [2.05, 4.69) is 4.98 Å². The van der Waals surface area contributed by atoms with Gasteiger partial charge in [-0.15, -0.1) is 0 Å². The van der Waals surface area contributed by atoms with Crippen LogP contribution >= 0.6 is 0 Å². The molecule has 154 valence electrons. The maximum Gasteiger partial charge on any atom is 0.258 e. The van der Waals surface area contributed by atoms with Crippen LogP contribution in [0.15, 0.2) is 103 Å². The Balaban J connectivity index is 1.41. The zero-order valence-electron chi connectivity index (χ0n) is 17.1. The molecule has 5 heteroatoms. The number of pyridine rings is 1. The minimum atomic E-state index is -0.122. The van der Waals surface area contributed by atoms with E-state index < -0.39 is 0 Å². The minimum absolute atomic E-state index is 0.122. The molecule has 4 rings (SSSR count). The molecule has 4 aromatic rings. The highest BCUT2D eigenvalue weighted by Crippen LogP contribution is 2.25. The summed E-state index contributed by atoms with van der Waals surface area (Å²) in [4.78, 5) is 18.7. The number of rotatable bonds is 7. The highest BCUT2D eigenvalue weighted by molar-refractivity contribution is 6.05. The van der Waals surface area contributed by atoms with Gasteiger partial charge in [0.1, 0.15) is 23.9 Å². The third kappa shape index (κ3) is 5.28. The van der Waals surface area contributed by atoms with Crippen LogP contribution in [0.4, 0.5) is 5.69 Å². The fourth-order valence-electron chi connectivity index (χ4n) is 3.04. The molecule has 0 aliphatic heterocycles. The van der Waals surface area contributed by atoms with Crippen LogP contribution in [0, 0.1) is 0 Å². The van der Waals surface area contributed by atoms with Gasteiger partial charge < -0.3 is 14.4 Å². The Bertz CT molecular complexity index is 1130. The van der Waals surface area contributed by atoms with Crippen molar-refractivity contribution in [3.63, 3.8) is 0 Å². The van der Waals surface area contributed by atoms with Crippen molar-refractivity contribution in [2.24, 2.45) is 0 Å². The van der Waals surface area contributed by atoms with Crippen molar-refractivity contribution < 1.29 is 14.3 Å². The number of hydrogen-bond acceptors (Lipinski definition) is 4. The number of nitrogens with zero attached hydrogens (tertiary/aromatic N) is 2. The fraction of sp³-hybridized carbons (Fsp3) is 0.0769. The number of benzene rings is 3. The van der Waals surface area contributed by atoms with Gasteiger partial charge in [-0.3, -0.25) is 9.78 Å². The number of carbonyl (C=O) groups is 1. The van der Waals surface area contributed by atoms with Gasteiger partial charge in [-0.05, 0) is 60.7 Å². The Morgan fingerprint density at radius 3 is 2.32 bits per heavy atom. The van der Waals surface area contributed by atoms with E-state index in [1.165, 1.54) is 0 Å². The second-order valence-electron chi connectivity index (χ2n) is 6.95. The number of para-hydroxylation sites is 1. The van der Waals surface area contributed by atoms with Crippen molar-refractivity contribution >= 4 is 11.6 Å². The molecule has 0 radical (unpaired) electrons. The van der Waals surface area contributed by atoms with Crippen LogP contribution in [-0.4, -0.2) is 17.9 Å². The molecule has 0 N–H and O–H groups in total. The molecule has 0 bridgehead atoms. The Morgan fingerprint density at radius 1 is 0.839 bits per heavy atom. The average molecular weight is 410 g/mol. The maximum absolute atomic E-state index is 13.0. The van der Waals surface area contributed by atoms with Gasteiger partial charge in [0.2, 0.25) is 0 Å². The van der Waals surface area contributed by atoms with Gasteiger partial charge >= 0.3 is 0 Å². The largest absolute Gasteiger partial charge is 0.489 e. The molecule has 3 aromatic carbocycles. The van der Waals surface area contributed by atoms with Gasteiger partial charge in [0.05, 0.1) is 0 Å². The van der Waals surface area contributed by atoms with E-state index in [0.717, 1.165) is 17.0 Å². The third-order valence-electron chi connectivity index (χ3n) is 4.72. The zero-order valence-corrected chi connectivity index (χ0v) is 17.1. The Morgan fingerprint density at radius 2 is 1.58 bits per heavy atom. The zero-order chi connectivity index (χ0) is 21.5. The van der Waals surface area contributed by atoms with E-state index in [1.807, 2.05) is 78.9 Å². The van der Waals surface area contributed by atoms with Gasteiger partial charge in [-0.2, -0.15) is 0 Å². The number of carbonyl (C=O) groups excluding carboxylic acids is 1. The molecule has 0 atom stereocenters. The molecule has 0 fully saturated rings. The molecular weight excluding hydrogens is 388 g/mol. The van der Waals surface area contributed by atoms with Crippen LogP contribution in [0.2, 0.25) is 0 Å². The molecule has 0 unspecified atom stereocenters. The van der Waals surface area contributed by atoms with Gasteiger partial charge in [0.25, 0.3) is 5.91 Å². The van der Waals surface area contributed by atoms with E-state index in [4.69, 9.17) is 9.47 Å². The summed E-state index contributed by atoms with van der Waals surface area (Å²) < 4.78 is 11.6. The average Bonchev–Trinajstić information content (AvgIpc) is 2.84. The highest BCUT2D eigenvalue weighted by Gasteiger charge is 2.14. The molecule has 5 nitrogen and oxygen atoms in total. The van der Waals surface area contributed by atoms with Crippen molar-refractivity contribution in [2.75, 3.05) is 11.9 Å². The van der Waals surface area contributed by atoms with Crippen molar-refractivity contribution in [3.8, 4) is 17.2 Å². The first-order chi connectivity index (χ1) is 15.2. The van der Waals surface area contributed by atoms with E-state index in [0.29, 0.717) is 23.7 Å². The lowest BCUT2D eigenvalue weighted by atomic mass is 10.1. The Hall–Kier alpha value is -4.12. The molecule has 31 heavy (non-hydrogen) atoms. The number of amides is 1. The lowest BCUT2D eigenvalue weighted by molar-refractivity contribution is 0.0992. The van der Waals surface area contributed by atoms with E-state index in [1.54, 1.807) is 36.5 Å². The lowest BCUT2D eigenvalue weighted by Crippen LogP contribution is -2.26. The summed E-state index contributed by atoms with van der Waals surface area (Å²) in [6.07, 6.45) is 3.48. The smallest absolute Gasteiger partial charge is 0.258 e. The SMILES string of the molecule is CN(C(=O)c1cccc(OCc2cccnc2)c1)c1ccc(Oc2ccccc2)cc1. The summed E-state index contributed by atoms with van der Waals surface area (Å²) in [7, 11) is 1.75. The van der Waals surface area contributed by atoms with Crippen molar-refractivity contribution in [1.29, 1.82) is 0 Å². The number of hydrogen-bond donors (Lipinski definition) is 0. The standard InChI is InChI=1S/C26H22N2O3/c1-28(22-12-14-24(15-13-22)31-23-9-3-2-4-10-23)26(29)21-8-5-11-25(17-21)30-19-20-7-6-16-27-18-20/h2-18H,19H2,1H3. The van der Waals surface area contributed by atoms with Crippen LogP contribution in [0.3, 0.4) is 0 Å². The lowest BCUT2D eigenvalue weighted by Gasteiger charge is -2.18. The first-order valence-electron chi connectivity index (χ1n) is 9.92. The molecule has 1 aromatic heterocycles. The van der Waals surface area contributed by atoms with E-state index in [-0.39, 0.29) is 5.91 Å². The molecule has 1 amide bonds. The van der Waals surface area contributed by atoms with Crippen LogP contribution in [-0.2, 0) is 6.61 Å². The molecule has 0 saturated carbocycles. The summed E-state index contributed by atoms with van der Waals surface area (Å²) in [6, 6.07) is 28.0. The molecule has 0 spiro atoms. The summed E-state index contributed by atoms with van der Waals surface area (Å²) in [5.74, 6) is 1.99. The summed E-state index contributed by atoms with van der Waals surface area (Å²) in [5, 5.41) is 0. The minimum Gasteiger partial charge on any atom is -0.489 e.